The van der Waals surface area contributed by atoms with Crippen LogP contribution in [-0.4, -0.2) is 11.7 Å². The van der Waals surface area contributed by atoms with Crippen LogP contribution in [0.1, 0.15) is 39.5 Å². The summed E-state index contributed by atoms with van der Waals surface area (Å²) in [5.41, 5.74) is 0. The number of ether oxygens (including phenoxy) is 1. The van der Waals surface area contributed by atoms with Crippen LogP contribution in [0, 0.1) is 5.92 Å². The average Bonchev–Trinajstić information content (AvgIpc) is 2.25. The Morgan fingerprint density at radius 1 is 1.12 bits per heavy atom. The molecule has 2 nitrogen and oxygen atoms in total. The Balaban J connectivity index is 2.10. The number of phenolic OH excluding ortho intramolecular Hbond substituents is 1. The summed E-state index contributed by atoms with van der Waals surface area (Å²) in [4.78, 5) is 0. The number of para-hydroxylation sites is 2. The lowest BCUT2D eigenvalue weighted by molar-refractivity contribution is 0.288. The molecule has 1 rings (SSSR count). The van der Waals surface area contributed by atoms with E-state index in [9.17, 15) is 5.11 Å². The second-order valence-electron chi connectivity index (χ2n) is 4.56. The molecule has 0 aromatic heterocycles. The molecule has 16 heavy (non-hydrogen) atoms. The van der Waals surface area contributed by atoms with E-state index in [2.05, 4.69) is 13.8 Å². The number of benzene rings is 1. The van der Waals surface area contributed by atoms with E-state index in [1.54, 1.807) is 18.2 Å². The minimum absolute atomic E-state index is 0.227. The van der Waals surface area contributed by atoms with Gasteiger partial charge in [0, 0.05) is 0 Å². The van der Waals surface area contributed by atoms with Gasteiger partial charge in [-0.05, 0) is 24.5 Å². The molecule has 0 atom stereocenters. The van der Waals surface area contributed by atoms with E-state index in [4.69, 9.17) is 4.74 Å². The summed E-state index contributed by atoms with van der Waals surface area (Å²) in [5.74, 6) is 1.61. The van der Waals surface area contributed by atoms with Gasteiger partial charge in [-0.1, -0.05) is 45.2 Å². The average molecular weight is 222 g/mol. The molecular weight excluding hydrogens is 200 g/mol. The Hall–Kier alpha value is -1.18. The van der Waals surface area contributed by atoms with Crippen LogP contribution < -0.4 is 4.74 Å². The van der Waals surface area contributed by atoms with Crippen LogP contribution in [0.2, 0.25) is 0 Å². The number of aromatic hydroxyl groups is 1. The predicted molar refractivity (Wildman–Crippen MR) is 66.9 cm³/mol. The van der Waals surface area contributed by atoms with Crippen LogP contribution in [0.5, 0.6) is 11.5 Å². The smallest absolute Gasteiger partial charge is 0.160 e. The molecular formula is C14H22O2. The first-order valence-corrected chi connectivity index (χ1v) is 6.11. The van der Waals surface area contributed by atoms with Gasteiger partial charge in [-0.2, -0.15) is 0 Å². The van der Waals surface area contributed by atoms with Crippen molar-refractivity contribution in [3.05, 3.63) is 24.3 Å². The highest BCUT2D eigenvalue weighted by molar-refractivity contribution is 5.37. The second kappa shape index (κ2) is 7.15. The molecule has 1 N–H and O–H groups in total. The molecule has 0 aliphatic heterocycles. The number of rotatable bonds is 7. The third-order valence-electron chi connectivity index (χ3n) is 2.55. The highest BCUT2D eigenvalue weighted by Crippen LogP contribution is 2.24. The van der Waals surface area contributed by atoms with Gasteiger partial charge in [0.2, 0.25) is 0 Å². The maximum atomic E-state index is 9.46. The summed E-state index contributed by atoms with van der Waals surface area (Å²) >= 11 is 0. The largest absolute Gasteiger partial charge is 0.504 e. The van der Waals surface area contributed by atoms with Crippen molar-refractivity contribution in [3.8, 4) is 11.5 Å². The van der Waals surface area contributed by atoms with Crippen molar-refractivity contribution < 1.29 is 9.84 Å². The van der Waals surface area contributed by atoms with Crippen molar-refractivity contribution in [3.63, 3.8) is 0 Å². The quantitative estimate of drug-likeness (QED) is 0.707. The lowest BCUT2D eigenvalue weighted by Crippen LogP contribution is -1.98. The Labute approximate surface area is 98.3 Å². The third-order valence-corrected chi connectivity index (χ3v) is 2.55. The predicted octanol–water partition coefficient (Wildman–Crippen LogP) is 3.99. The maximum absolute atomic E-state index is 9.46. The fourth-order valence-corrected chi connectivity index (χ4v) is 1.59. The molecule has 0 fully saturated rings. The fourth-order valence-electron chi connectivity index (χ4n) is 1.59. The first-order chi connectivity index (χ1) is 7.70. The molecule has 0 radical (unpaired) electrons. The van der Waals surface area contributed by atoms with Crippen molar-refractivity contribution in [1.29, 1.82) is 0 Å². The molecule has 0 aliphatic carbocycles. The van der Waals surface area contributed by atoms with Gasteiger partial charge in [0.15, 0.2) is 11.5 Å². The summed E-state index contributed by atoms with van der Waals surface area (Å²) in [6.45, 7) is 5.19. The van der Waals surface area contributed by atoms with Gasteiger partial charge in [-0.15, -0.1) is 0 Å². The van der Waals surface area contributed by atoms with E-state index >= 15 is 0 Å². The summed E-state index contributed by atoms with van der Waals surface area (Å²) in [7, 11) is 0. The molecule has 0 bridgehead atoms. The zero-order valence-corrected chi connectivity index (χ0v) is 10.3. The molecule has 1 aromatic carbocycles. The molecule has 0 saturated carbocycles. The van der Waals surface area contributed by atoms with Gasteiger partial charge in [0.05, 0.1) is 6.61 Å². The Bertz CT molecular complexity index is 295. The lowest BCUT2D eigenvalue weighted by atomic mass is 10.1. The van der Waals surface area contributed by atoms with Gasteiger partial charge in [0.25, 0.3) is 0 Å². The maximum Gasteiger partial charge on any atom is 0.160 e. The Morgan fingerprint density at radius 2 is 1.88 bits per heavy atom. The van der Waals surface area contributed by atoms with E-state index in [0.717, 1.165) is 12.3 Å². The summed E-state index contributed by atoms with van der Waals surface area (Å²) in [5, 5.41) is 9.46. The number of phenols is 1. The normalized spacial score (nSPS) is 10.7. The molecule has 2 heteroatoms. The number of hydrogen-bond acceptors (Lipinski definition) is 2. The van der Waals surface area contributed by atoms with E-state index < -0.39 is 0 Å². The first-order valence-electron chi connectivity index (χ1n) is 6.11. The van der Waals surface area contributed by atoms with Gasteiger partial charge < -0.3 is 9.84 Å². The van der Waals surface area contributed by atoms with Gasteiger partial charge in [-0.3, -0.25) is 0 Å². The third kappa shape index (κ3) is 5.06. The summed E-state index contributed by atoms with van der Waals surface area (Å²) < 4.78 is 5.49. The van der Waals surface area contributed by atoms with Crippen LogP contribution in [0.15, 0.2) is 24.3 Å². The van der Waals surface area contributed by atoms with Crippen LogP contribution in [0.4, 0.5) is 0 Å². The zero-order valence-electron chi connectivity index (χ0n) is 10.3. The van der Waals surface area contributed by atoms with Gasteiger partial charge >= 0.3 is 0 Å². The molecule has 90 valence electrons. The van der Waals surface area contributed by atoms with Crippen LogP contribution in [0.3, 0.4) is 0 Å². The SMILES string of the molecule is CC(C)CCCCCOc1ccccc1O. The standard InChI is InChI=1S/C14H22O2/c1-12(2)8-4-3-7-11-16-14-10-6-5-9-13(14)15/h5-6,9-10,12,15H,3-4,7-8,11H2,1-2H3. The van der Waals surface area contributed by atoms with Crippen LogP contribution in [0.25, 0.3) is 0 Å². The minimum atomic E-state index is 0.227. The van der Waals surface area contributed by atoms with Crippen LogP contribution >= 0.6 is 0 Å². The van der Waals surface area contributed by atoms with E-state index in [0.29, 0.717) is 12.4 Å². The molecule has 0 unspecified atom stereocenters. The minimum Gasteiger partial charge on any atom is -0.504 e. The summed E-state index contributed by atoms with van der Waals surface area (Å²) in [6, 6.07) is 7.11. The van der Waals surface area contributed by atoms with Crippen molar-refractivity contribution >= 4 is 0 Å². The van der Waals surface area contributed by atoms with E-state index in [-0.39, 0.29) is 5.75 Å². The summed E-state index contributed by atoms with van der Waals surface area (Å²) in [6.07, 6.45) is 4.81. The molecule has 0 aliphatic rings. The van der Waals surface area contributed by atoms with Gasteiger partial charge in [-0.25, -0.2) is 0 Å². The first kappa shape index (κ1) is 12.9. The molecule has 1 aromatic rings. The van der Waals surface area contributed by atoms with Crippen molar-refractivity contribution in [2.75, 3.05) is 6.61 Å². The number of hydrogen-bond donors (Lipinski definition) is 1. The molecule has 0 heterocycles. The monoisotopic (exact) mass is 222 g/mol. The zero-order chi connectivity index (χ0) is 11.8. The molecule has 0 spiro atoms. The highest BCUT2D eigenvalue weighted by atomic mass is 16.5. The van der Waals surface area contributed by atoms with E-state index in [1.165, 1.54) is 19.3 Å². The molecule has 0 amide bonds. The van der Waals surface area contributed by atoms with Crippen molar-refractivity contribution in [2.24, 2.45) is 5.92 Å². The number of unbranched alkanes of at least 4 members (excludes halogenated alkanes) is 2. The fraction of sp³-hybridized carbons (Fsp3) is 0.571. The van der Waals surface area contributed by atoms with Gasteiger partial charge in [0.1, 0.15) is 0 Å². The van der Waals surface area contributed by atoms with E-state index in [1.807, 2.05) is 6.07 Å². The van der Waals surface area contributed by atoms with Crippen molar-refractivity contribution in [1.82, 2.24) is 0 Å². The Morgan fingerprint density at radius 3 is 2.56 bits per heavy atom. The van der Waals surface area contributed by atoms with Crippen LogP contribution in [-0.2, 0) is 0 Å². The second-order valence-corrected chi connectivity index (χ2v) is 4.56. The molecule has 0 saturated heterocycles. The highest BCUT2D eigenvalue weighted by Gasteiger charge is 1.99. The Kier molecular flexibility index (Phi) is 5.76. The lowest BCUT2D eigenvalue weighted by Gasteiger charge is -2.08. The topological polar surface area (TPSA) is 29.5 Å². The van der Waals surface area contributed by atoms with Crippen molar-refractivity contribution in [2.45, 2.75) is 39.5 Å².